The first-order valence-electron chi connectivity index (χ1n) is 10.6. The van der Waals surface area contributed by atoms with Gasteiger partial charge in [0.1, 0.15) is 0 Å². The van der Waals surface area contributed by atoms with E-state index in [4.69, 9.17) is 32.4 Å². The maximum Gasteiger partial charge on any atom is 0.183 e. The monoisotopic (exact) mass is 492 g/mol. The summed E-state index contributed by atoms with van der Waals surface area (Å²) in [6.45, 7) is 3.53. The highest BCUT2D eigenvalue weighted by molar-refractivity contribution is 7.75. The van der Waals surface area contributed by atoms with Crippen LogP contribution in [0.15, 0.2) is 42.5 Å². The van der Waals surface area contributed by atoms with E-state index in [0.717, 1.165) is 45.7 Å². The van der Waals surface area contributed by atoms with E-state index in [1.54, 1.807) is 17.4 Å². The first kappa shape index (κ1) is 22.9. The van der Waals surface area contributed by atoms with Crippen LogP contribution in [0.1, 0.15) is 47.6 Å². The second-order valence-corrected chi connectivity index (χ2v) is 10.4. The molecule has 0 spiro atoms. The Morgan fingerprint density at radius 3 is 2.65 bits per heavy atom. The summed E-state index contributed by atoms with van der Waals surface area (Å²) >= 11 is 17.9. The molecule has 0 bridgehead atoms. The molecule has 1 fully saturated rings. The summed E-state index contributed by atoms with van der Waals surface area (Å²) in [5, 5.41) is 5.72. The van der Waals surface area contributed by atoms with E-state index in [2.05, 4.69) is 49.4 Å². The molecule has 0 amide bonds. The second-order valence-electron chi connectivity index (χ2n) is 8.08. The average molecular weight is 494 g/mol. The van der Waals surface area contributed by atoms with E-state index in [0.29, 0.717) is 22.6 Å². The molecular weight excluding hydrogens is 467 g/mol. The molecule has 1 aliphatic carbocycles. The van der Waals surface area contributed by atoms with Crippen molar-refractivity contribution < 1.29 is 4.18 Å². The van der Waals surface area contributed by atoms with E-state index >= 15 is 0 Å². The molecule has 3 nitrogen and oxygen atoms in total. The number of nitrogens with zero attached hydrogens (tertiary/aromatic N) is 1. The highest BCUT2D eigenvalue weighted by atomic mass is 35.5. The van der Waals surface area contributed by atoms with Crippen LogP contribution < -0.4 is 5.32 Å². The van der Waals surface area contributed by atoms with E-state index in [9.17, 15) is 0 Å². The second kappa shape index (κ2) is 10.6. The van der Waals surface area contributed by atoms with Gasteiger partial charge in [0.2, 0.25) is 0 Å². The number of hydrogen-bond donors (Lipinski definition) is 2. The van der Waals surface area contributed by atoms with Crippen LogP contribution in [0.3, 0.4) is 0 Å². The van der Waals surface area contributed by atoms with Crippen molar-refractivity contribution in [2.24, 2.45) is 5.92 Å². The number of anilines is 1. The van der Waals surface area contributed by atoms with Crippen molar-refractivity contribution in [3.05, 3.63) is 68.5 Å². The maximum atomic E-state index is 6.38. The minimum Gasteiger partial charge on any atom is -0.361 e. The molecule has 164 valence electrons. The third-order valence-corrected chi connectivity index (χ3v) is 7.39. The van der Waals surface area contributed by atoms with Gasteiger partial charge in [0, 0.05) is 22.0 Å². The number of halogens is 2. The fourth-order valence-corrected chi connectivity index (χ4v) is 5.53. The van der Waals surface area contributed by atoms with E-state index in [1.165, 1.54) is 24.8 Å². The van der Waals surface area contributed by atoms with Gasteiger partial charge in [0.25, 0.3) is 0 Å². The molecule has 1 aromatic heterocycles. The van der Waals surface area contributed by atoms with Crippen LogP contribution in [0.25, 0.3) is 11.3 Å². The van der Waals surface area contributed by atoms with Gasteiger partial charge in [0.15, 0.2) is 5.13 Å². The smallest absolute Gasteiger partial charge is 0.183 e. The van der Waals surface area contributed by atoms with Crippen LogP contribution in [0.5, 0.6) is 0 Å². The lowest BCUT2D eigenvalue weighted by molar-refractivity contribution is 0.372. The molecule has 1 unspecified atom stereocenters. The molecule has 1 heterocycles. The predicted molar refractivity (Wildman–Crippen MR) is 136 cm³/mol. The molecule has 4 rings (SSSR count). The molecule has 7 heteroatoms. The molecule has 2 aromatic carbocycles. The summed E-state index contributed by atoms with van der Waals surface area (Å²) in [5.41, 5.74) is 4.45. The summed E-state index contributed by atoms with van der Waals surface area (Å²) in [5.74, 6) is 1.46. The van der Waals surface area contributed by atoms with Gasteiger partial charge in [-0.3, -0.25) is 0 Å². The van der Waals surface area contributed by atoms with Crippen LogP contribution in [0.2, 0.25) is 10.0 Å². The fourth-order valence-electron chi connectivity index (χ4n) is 4.03. The number of rotatable bonds is 10. The van der Waals surface area contributed by atoms with Gasteiger partial charge < -0.3 is 9.50 Å². The first-order valence-corrected chi connectivity index (χ1v) is 12.5. The Balaban J connectivity index is 1.33. The largest absolute Gasteiger partial charge is 0.361 e. The number of thiol groups is 1. The first-order chi connectivity index (χ1) is 15.0. The Hall–Kier alpha value is -1.24. The third-order valence-electron chi connectivity index (χ3n) is 5.78. The predicted octanol–water partition coefficient (Wildman–Crippen LogP) is 8.17. The van der Waals surface area contributed by atoms with Gasteiger partial charge in [-0.2, -0.15) is 0 Å². The highest BCUT2D eigenvalue weighted by Crippen LogP contribution is 2.45. The van der Waals surface area contributed by atoms with Crippen LogP contribution in [0.4, 0.5) is 5.13 Å². The highest BCUT2D eigenvalue weighted by Gasteiger charge is 2.31. The lowest BCUT2D eigenvalue weighted by atomic mass is 9.89. The summed E-state index contributed by atoms with van der Waals surface area (Å²) in [4.78, 5) is 5.93. The molecule has 1 atom stereocenters. The number of thiazole rings is 1. The Labute approximate surface area is 203 Å². The molecule has 1 N–H and O–H groups in total. The lowest BCUT2D eigenvalue weighted by Gasteiger charge is -2.17. The third kappa shape index (κ3) is 5.96. The van der Waals surface area contributed by atoms with Crippen LogP contribution >= 0.6 is 47.4 Å². The molecule has 0 aliphatic heterocycles. The minimum absolute atomic E-state index is 0.540. The van der Waals surface area contributed by atoms with Crippen molar-refractivity contribution in [1.29, 1.82) is 0 Å². The Morgan fingerprint density at radius 1 is 1.19 bits per heavy atom. The van der Waals surface area contributed by atoms with Gasteiger partial charge in [-0.15, -0.1) is 11.3 Å². The Bertz CT molecular complexity index is 1020. The number of benzene rings is 2. The topological polar surface area (TPSA) is 34.1 Å². The van der Waals surface area contributed by atoms with E-state index in [1.807, 2.05) is 12.1 Å². The fraction of sp³-hybridized carbons (Fsp3) is 0.375. The van der Waals surface area contributed by atoms with E-state index < -0.39 is 0 Å². The zero-order valence-electron chi connectivity index (χ0n) is 17.4. The quantitative estimate of drug-likeness (QED) is 0.170. The van der Waals surface area contributed by atoms with Crippen molar-refractivity contribution in [2.75, 3.05) is 11.9 Å². The summed E-state index contributed by atoms with van der Waals surface area (Å²) in [6.07, 6.45) is 4.98. The van der Waals surface area contributed by atoms with Crippen molar-refractivity contribution >= 4 is 52.6 Å². The maximum absolute atomic E-state index is 6.38. The zero-order valence-corrected chi connectivity index (χ0v) is 20.6. The van der Waals surface area contributed by atoms with Gasteiger partial charge in [-0.25, -0.2) is 4.98 Å². The summed E-state index contributed by atoms with van der Waals surface area (Å²) < 4.78 is 4.93. The summed E-state index contributed by atoms with van der Waals surface area (Å²) in [7, 11) is 0. The van der Waals surface area contributed by atoms with Crippen molar-refractivity contribution in [2.45, 2.75) is 45.1 Å². The molecule has 3 aromatic rings. The standard InChI is InChI=1S/C24H26Cl2N2OS2/c1-15-23(21-11-10-19(25)13-22(21)26)28-24(31-15)27-12-2-3-20(18-8-9-18)17-6-4-16(5-7-17)14-29-30/h4-7,10-11,13,18,20,30H,2-3,8-9,12,14H2,1H3,(H,27,28). The van der Waals surface area contributed by atoms with Crippen molar-refractivity contribution in [3.8, 4) is 11.3 Å². The number of hydrogen-bond acceptors (Lipinski definition) is 5. The Morgan fingerprint density at radius 2 is 1.97 bits per heavy atom. The van der Waals surface area contributed by atoms with Gasteiger partial charge >= 0.3 is 0 Å². The summed E-state index contributed by atoms with van der Waals surface area (Å²) in [6, 6.07) is 14.4. The zero-order chi connectivity index (χ0) is 21.8. The SMILES string of the molecule is Cc1sc(NCCCC(c2ccc(COS)cc2)C2CC2)nc1-c1ccc(Cl)cc1Cl. The van der Waals surface area contributed by atoms with Crippen molar-refractivity contribution in [1.82, 2.24) is 4.98 Å². The molecular formula is C24H26Cl2N2OS2. The molecule has 0 saturated heterocycles. The molecule has 31 heavy (non-hydrogen) atoms. The van der Waals surface area contributed by atoms with Crippen molar-refractivity contribution in [3.63, 3.8) is 0 Å². The normalized spacial score (nSPS) is 14.6. The van der Waals surface area contributed by atoms with Crippen LogP contribution in [0, 0.1) is 12.8 Å². The Kier molecular flexibility index (Phi) is 7.83. The number of nitrogens with one attached hydrogen (secondary N) is 1. The molecule has 1 saturated carbocycles. The van der Waals surface area contributed by atoms with Gasteiger partial charge in [-0.05, 0) is 86.7 Å². The lowest BCUT2D eigenvalue weighted by Crippen LogP contribution is -2.07. The molecule has 1 aliphatic rings. The number of aromatic nitrogens is 1. The number of aryl methyl sites for hydroxylation is 1. The van der Waals surface area contributed by atoms with Gasteiger partial charge in [0.05, 0.1) is 17.3 Å². The van der Waals surface area contributed by atoms with Crippen LogP contribution in [-0.2, 0) is 10.8 Å². The molecule has 0 radical (unpaired) electrons. The van der Waals surface area contributed by atoms with Gasteiger partial charge in [-0.1, -0.05) is 47.5 Å². The average Bonchev–Trinajstić information content (AvgIpc) is 3.52. The van der Waals surface area contributed by atoms with Crippen LogP contribution in [-0.4, -0.2) is 11.5 Å². The minimum atomic E-state index is 0.540. The van der Waals surface area contributed by atoms with E-state index in [-0.39, 0.29) is 0 Å².